The Labute approximate surface area is 114 Å². The number of nitrogens with one attached hydrogen (secondary N) is 1. The summed E-state index contributed by atoms with van der Waals surface area (Å²) in [5.41, 5.74) is 2.92. The number of anilines is 1. The quantitative estimate of drug-likeness (QED) is 0.829. The van der Waals surface area contributed by atoms with E-state index in [1.54, 1.807) is 4.90 Å². The SMILES string of the molecule is CCN(CC)C(=O)CC(=O)Nc1cc(C)cc(C)c1. The van der Waals surface area contributed by atoms with E-state index < -0.39 is 0 Å². The summed E-state index contributed by atoms with van der Waals surface area (Å²) in [5.74, 6) is -0.395. The zero-order valence-electron chi connectivity index (χ0n) is 12.1. The van der Waals surface area contributed by atoms with Gasteiger partial charge in [0.2, 0.25) is 11.8 Å². The molecule has 0 unspecified atom stereocenters. The van der Waals surface area contributed by atoms with Crippen molar-refractivity contribution in [3.63, 3.8) is 0 Å². The zero-order chi connectivity index (χ0) is 14.4. The first kappa shape index (κ1) is 15.2. The average Bonchev–Trinajstić information content (AvgIpc) is 2.28. The maximum Gasteiger partial charge on any atom is 0.233 e. The van der Waals surface area contributed by atoms with Crippen molar-refractivity contribution >= 4 is 17.5 Å². The first-order chi connectivity index (χ1) is 8.96. The van der Waals surface area contributed by atoms with Crippen molar-refractivity contribution in [1.29, 1.82) is 0 Å². The molecule has 1 aromatic rings. The van der Waals surface area contributed by atoms with Crippen molar-refractivity contribution in [1.82, 2.24) is 4.90 Å². The fourth-order valence-electron chi connectivity index (χ4n) is 2.08. The molecule has 4 nitrogen and oxygen atoms in total. The van der Waals surface area contributed by atoms with Crippen LogP contribution in [0.1, 0.15) is 31.4 Å². The minimum absolute atomic E-state index is 0.103. The van der Waals surface area contributed by atoms with Crippen LogP contribution in [0.25, 0.3) is 0 Å². The Morgan fingerprint density at radius 3 is 2.05 bits per heavy atom. The third-order valence-electron chi connectivity index (χ3n) is 2.93. The van der Waals surface area contributed by atoms with Gasteiger partial charge < -0.3 is 10.2 Å². The van der Waals surface area contributed by atoms with Crippen LogP contribution in [0.4, 0.5) is 5.69 Å². The lowest BCUT2D eigenvalue weighted by atomic mass is 10.1. The molecule has 0 radical (unpaired) electrons. The number of hydrogen-bond acceptors (Lipinski definition) is 2. The van der Waals surface area contributed by atoms with Crippen molar-refractivity contribution in [2.75, 3.05) is 18.4 Å². The van der Waals surface area contributed by atoms with Gasteiger partial charge in [0.15, 0.2) is 0 Å². The van der Waals surface area contributed by atoms with Crippen molar-refractivity contribution in [2.45, 2.75) is 34.1 Å². The first-order valence-corrected chi connectivity index (χ1v) is 6.62. The smallest absolute Gasteiger partial charge is 0.233 e. The van der Waals surface area contributed by atoms with E-state index in [1.807, 2.05) is 45.9 Å². The molecule has 0 aromatic heterocycles. The Balaban J connectivity index is 2.62. The third-order valence-corrected chi connectivity index (χ3v) is 2.93. The number of hydrogen-bond donors (Lipinski definition) is 1. The normalized spacial score (nSPS) is 10.1. The minimum Gasteiger partial charge on any atom is -0.343 e. The molecule has 1 aromatic carbocycles. The number of amides is 2. The summed E-state index contributed by atoms with van der Waals surface area (Å²) < 4.78 is 0. The number of benzene rings is 1. The summed E-state index contributed by atoms with van der Waals surface area (Å²) in [6, 6.07) is 5.83. The predicted molar refractivity (Wildman–Crippen MR) is 77.1 cm³/mol. The molecule has 4 heteroatoms. The van der Waals surface area contributed by atoms with E-state index in [0.717, 1.165) is 16.8 Å². The topological polar surface area (TPSA) is 49.4 Å². The van der Waals surface area contributed by atoms with E-state index in [0.29, 0.717) is 13.1 Å². The van der Waals surface area contributed by atoms with Gasteiger partial charge in [0, 0.05) is 18.8 Å². The molecule has 0 aliphatic heterocycles. The number of nitrogens with zero attached hydrogens (tertiary/aromatic N) is 1. The monoisotopic (exact) mass is 262 g/mol. The van der Waals surface area contributed by atoms with Gasteiger partial charge in [0.25, 0.3) is 0 Å². The highest BCUT2D eigenvalue weighted by molar-refractivity contribution is 6.03. The molecular formula is C15H22N2O2. The Kier molecular flexibility index (Phi) is 5.55. The molecular weight excluding hydrogens is 240 g/mol. The van der Waals surface area contributed by atoms with Crippen molar-refractivity contribution in [3.8, 4) is 0 Å². The van der Waals surface area contributed by atoms with Gasteiger partial charge in [-0.2, -0.15) is 0 Å². The maximum absolute atomic E-state index is 11.8. The molecule has 0 saturated heterocycles. The summed E-state index contributed by atoms with van der Waals surface area (Å²) in [4.78, 5) is 25.3. The molecule has 0 bridgehead atoms. The van der Waals surface area contributed by atoms with Crippen LogP contribution in [0.2, 0.25) is 0 Å². The second-order valence-corrected chi connectivity index (χ2v) is 4.67. The molecule has 0 aliphatic rings. The standard InChI is InChI=1S/C15H22N2O2/c1-5-17(6-2)15(19)10-14(18)16-13-8-11(3)7-12(4)9-13/h7-9H,5-6,10H2,1-4H3,(H,16,18). The summed E-state index contributed by atoms with van der Waals surface area (Å²) in [6.45, 7) is 9.03. The highest BCUT2D eigenvalue weighted by atomic mass is 16.2. The second-order valence-electron chi connectivity index (χ2n) is 4.67. The number of carbonyl (C=O) groups is 2. The van der Waals surface area contributed by atoms with Crippen LogP contribution in [0, 0.1) is 13.8 Å². The van der Waals surface area contributed by atoms with Gasteiger partial charge in [-0.15, -0.1) is 0 Å². The molecule has 1 rings (SSSR count). The highest BCUT2D eigenvalue weighted by Crippen LogP contribution is 2.14. The van der Waals surface area contributed by atoms with Crippen LogP contribution in [-0.2, 0) is 9.59 Å². The average molecular weight is 262 g/mol. The van der Waals surface area contributed by atoms with Crippen LogP contribution in [0.5, 0.6) is 0 Å². The maximum atomic E-state index is 11.8. The lowest BCUT2D eigenvalue weighted by Gasteiger charge is -2.18. The van der Waals surface area contributed by atoms with Crippen LogP contribution >= 0.6 is 0 Å². The van der Waals surface area contributed by atoms with Crippen molar-refractivity contribution in [2.24, 2.45) is 0 Å². The van der Waals surface area contributed by atoms with Gasteiger partial charge in [-0.1, -0.05) is 6.07 Å². The van der Waals surface area contributed by atoms with Gasteiger partial charge in [-0.25, -0.2) is 0 Å². The molecule has 2 amide bonds. The molecule has 0 aliphatic carbocycles. The number of aryl methyl sites for hydroxylation is 2. The lowest BCUT2D eigenvalue weighted by Crippen LogP contribution is -2.33. The van der Waals surface area contributed by atoms with E-state index in [4.69, 9.17) is 0 Å². The van der Waals surface area contributed by atoms with Gasteiger partial charge in [-0.05, 0) is 51.0 Å². The Morgan fingerprint density at radius 1 is 1.05 bits per heavy atom. The molecule has 104 valence electrons. The molecule has 0 fully saturated rings. The molecule has 0 atom stereocenters. The van der Waals surface area contributed by atoms with Crippen molar-refractivity contribution < 1.29 is 9.59 Å². The Morgan fingerprint density at radius 2 is 1.58 bits per heavy atom. The van der Waals surface area contributed by atoms with Gasteiger partial charge in [0.05, 0.1) is 0 Å². The van der Waals surface area contributed by atoms with E-state index in [2.05, 4.69) is 5.32 Å². The van der Waals surface area contributed by atoms with Gasteiger partial charge in [0.1, 0.15) is 6.42 Å². The van der Waals surface area contributed by atoms with E-state index in [1.165, 1.54) is 0 Å². The van der Waals surface area contributed by atoms with Crippen molar-refractivity contribution in [3.05, 3.63) is 29.3 Å². The molecule has 0 spiro atoms. The summed E-state index contributed by atoms with van der Waals surface area (Å²) in [5, 5.41) is 2.77. The molecule has 0 saturated carbocycles. The molecule has 1 N–H and O–H groups in total. The van der Waals surface area contributed by atoms with Crippen LogP contribution < -0.4 is 5.32 Å². The summed E-state index contributed by atoms with van der Waals surface area (Å²) >= 11 is 0. The van der Waals surface area contributed by atoms with E-state index >= 15 is 0 Å². The fraction of sp³-hybridized carbons (Fsp3) is 0.467. The van der Waals surface area contributed by atoms with Crippen LogP contribution in [0.3, 0.4) is 0 Å². The van der Waals surface area contributed by atoms with Crippen LogP contribution in [0.15, 0.2) is 18.2 Å². The second kappa shape index (κ2) is 6.92. The largest absolute Gasteiger partial charge is 0.343 e. The van der Waals surface area contributed by atoms with E-state index in [9.17, 15) is 9.59 Å². The molecule has 19 heavy (non-hydrogen) atoms. The first-order valence-electron chi connectivity index (χ1n) is 6.62. The Hall–Kier alpha value is -1.84. The lowest BCUT2D eigenvalue weighted by molar-refractivity contribution is -0.134. The predicted octanol–water partition coefficient (Wildman–Crippen LogP) is 2.50. The Bertz CT molecular complexity index is 445. The van der Waals surface area contributed by atoms with Crippen LogP contribution in [-0.4, -0.2) is 29.8 Å². The van der Waals surface area contributed by atoms with E-state index in [-0.39, 0.29) is 18.2 Å². The fourth-order valence-corrected chi connectivity index (χ4v) is 2.08. The minimum atomic E-state index is -0.262. The highest BCUT2D eigenvalue weighted by Gasteiger charge is 2.14. The van der Waals surface area contributed by atoms with Gasteiger partial charge >= 0.3 is 0 Å². The number of carbonyl (C=O) groups excluding carboxylic acids is 2. The van der Waals surface area contributed by atoms with Gasteiger partial charge in [-0.3, -0.25) is 9.59 Å². The summed E-state index contributed by atoms with van der Waals surface area (Å²) in [7, 11) is 0. The number of rotatable bonds is 5. The summed E-state index contributed by atoms with van der Waals surface area (Å²) in [6.07, 6.45) is -0.103. The third kappa shape index (κ3) is 4.73. The zero-order valence-corrected chi connectivity index (χ0v) is 12.1. The molecule has 0 heterocycles.